The Hall–Kier alpha value is 0.136. The molecular formula is C3H6CoO2. The predicted molar refractivity (Wildman–Crippen MR) is 17.9 cm³/mol. The van der Waals surface area contributed by atoms with Crippen molar-refractivity contribution < 1.29 is 26.3 Å². The second-order valence-corrected chi connectivity index (χ2v) is 0.622. The average Bonchev–Trinajstić information content (AvgIpc) is 1.41. The molecule has 6 heavy (non-hydrogen) atoms. The molecule has 0 aliphatic carbocycles. The van der Waals surface area contributed by atoms with Crippen molar-refractivity contribution in [1.29, 1.82) is 0 Å². The van der Waals surface area contributed by atoms with Crippen molar-refractivity contribution in [2.45, 2.75) is 0 Å². The molecule has 0 aliphatic heterocycles. The van der Waals surface area contributed by atoms with Gasteiger partial charge in [-0.15, -0.1) is 0 Å². The maximum absolute atomic E-state index is 9.28. The Balaban J connectivity index is 0. The number of carbonyl (C=O) groups excluding carboxylic acids is 1. The second kappa shape index (κ2) is 8.93. The van der Waals surface area contributed by atoms with Crippen molar-refractivity contribution in [3.63, 3.8) is 0 Å². The molecule has 0 N–H and O–H groups in total. The Labute approximate surface area is 47.1 Å². The van der Waals surface area contributed by atoms with Gasteiger partial charge in [0, 0.05) is 23.9 Å². The van der Waals surface area contributed by atoms with Gasteiger partial charge in [0.2, 0.25) is 0 Å². The molecule has 1 radical (unpaired) electrons. The first-order chi connectivity index (χ1) is 2.41. The van der Waals surface area contributed by atoms with Crippen molar-refractivity contribution in [2.75, 3.05) is 13.7 Å². The van der Waals surface area contributed by atoms with Crippen molar-refractivity contribution in [2.24, 2.45) is 0 Å². The minimum absolute atomic E-state index is 0. The molecule has 0 aliphatic rings. The van der Waals surface area contributed by atoms with E-state index in [0.717, 1.165) is 0 Å². The van der Waals surface area contributed by atoms with Gasteiger partial charge in [-0.05, 0) is 0 Å². The summed E-state index contributed by atoms with van der Waals surface area (Å²) >= 11 is 0. The fourth-order valence-corrected chi connectivity index (χ4v) is 0.0680. The van der Waals surface area contributed by atoms with Crippen molar-refractivity contribution >= 4 is 6.29 Å². The number of carbonyl (C=O) groups is 1. The van der Waals surface area contributed by atoms with Crippen LogP contribution < -0.4 is 0 Å². The van der Waals surface area contributed by atoms with E-state index in [1.807, 2.05) is 0 Å². The second-order valence-electron chi connectivity index (χ2n) is 0.622. The topological polar surface area (TPSA) is 26.3 Å². The summed E-state index contributed by atoms with van der Waals surface area (Å²) in [4.78, 5) is 9.28. The first-order valence-corrected chi connectivity index (χ1v) is 1.34. The van der Waals surface area contributed by atoms with Crippen molar-refractivity contribution in [1.82, 2.24) is 0 Å². The molecule has 0 atom stereocenters. The van der Waals surface area contributed by atoms with E-state index in [1.165, 1.54) is 7.11 Å². The molecule has 0 unspecified atom stereocenters. The number of methoxy groups -OCH3 is 1. The first-order valence-electron chi connectivity index (χ1n) is 1.34. The van der Waals surface area contributed by atoms with Crippen LogP contribution in [0.1, 0.15) is 0 Å². The van der Waals surface area contributed by atoms with Gasteiger partial charge >= 0.3 is 0 Å². The van der Waals surface area contributed by atoms with E-state index in [1.54, 1.807) is 0 Å². The van der Waals surface area contributed by atoms with Gasteiger partial charge < -0.3 is 9.53 Å². The Morgan fingerprint density at radius 2 is 2.33 bits per heavy atom. The van der Waals surface area contributed by atoms with Crippen LogP contribution in [0.3, 0.4) is 0 Å². The summed E-state index contributed by atoms with van der Waals surface area (Å²) in [6.45, 7) is 0.208. The minimum Gasteiger partial charge on any atom is -0.377 e. The molecule has 0 saturated carbocycles. The van der Waals surface area contributed by atoms with Gasteiger partial charge in [0.05, 0.1) is 0 Å². The molecular weight excluding hydrogens is 127 g/mol. The monoisotopic (exact) mass is 133 g/mol. The van der Waals surface area contributed by atoms with Crippen LogP contribution in [0.25, 0.3) is 0 Å². The molecule has 0 saturated heterocycles. The molecule has 3 heteroatoms. The smallest absolute Gasteiger partial charge is 0.145 e. The van der Waals surface area contributed by atoms with Crippen LogP contribution in [0, 0.1) is 0 Å². The third kappa shape index (κ3) is 8.91. The molecule has 0 aromatic rings. The number of aldehydes is 1. The van der Waals surface area contributed by atoms with Crippen LogP contribution in [-0.2, 0) is 26.3 Å². The van der Waals surface area contributed by atoms with E-state index >= 15 is 0 Å². The van der Waals surface area contributed by atoms with Crippen LogP contribution in [0.2, 0.25) is 0 Å². The maximum atomic E-state index is 9.28. The fraction of sp³-hybridized carbons (Fsp3) is 0.667. The van der Waals surface area contributed by atoms with Gasteiger partial charge in [0.1, 0.15) is 12.9 Å². The molecule has 0 heterocycles. The number of hydrogen-bond donors (Lipinski definition) is 0. The molecule has 0 amide bonds. The standard InChI is InChI=1S/C3H6O2.Co/c1-5-3-2-4;/h2H,3H2,1H3;. The summed E-state index contributed by atoms with van der Waals surface area (Å²) in [5.41, 5.74) is 0. The van der Waals surface area contributed by atoms with Gasteiger partial charge in [-0.25, -0.2) is 0 Å². The predicted octanol–water partition coefficient (Wildman–Crippen LogP) is -0.171. The van der Waals surface area contributed by atoms with Crippen LogP contribution in [0.15, 0.2) is 0 Å². The third-order valence-electron chi connectivity index (χ3n) is 0.235. The van der Waals surface area contributed by atoms with Crippen LogP contribution in [0.4, 0.5) is 0 Å². The van der Waals surface area contributed by atoms with E-state index in [4.69, 9.17) is 0 Å². The molecule has 2 nitrogen and oxygen atoms in total. The average molecular weight is 133 g/mol. The van der Waals surface area contributed by atoms with Gasteiger partial charge in [-0.3, -0.25) is 0 Å². The summed E-state index contributed by atoms with van der Waals surface area (Å²) in [7, 11) is 1.48. The van der Waals surface area contributed by atoms with Crippen LogP contribution >= 0.6 is 0 Å². The first kappa shape index (κ1) is 9.46. The molecule has 0 aromatic carbocycles. The molecule has 0 spiro atoms. The Morgan fingerprint density at radius 3 is 2.33 bits per heavy atom. The normalized spacial score (nSPS) is 6.17. The van der Waals surface area contributed by atoms with E-state index in [9.17, 15) is 4.79 Å². The van der Waals surface area contributed by atoms with Crippen molar-refractivity contribution in [3.8, 4) is 0 Å². The number of hydrogen-bond acceptors (Lipinski definition) is 2. The van der Waals surface area contributed by atoms with Crippen LogP contribution in [-0.4, -0.2) is 20.0 Å². The van der Waals surface area contributed by atoms with Gasteiger partial charge in [0.25, 0.3) is 0 Å². The molecule has 0 rings (SSSR count). The van der Waals surface area contributed by atoms with Gasteiger partial charge in [0.15, 0.2) is 0 Å². The molecule has 0 fully saturated rings. The molecule has 0 bridgehead atoms. The summed E-state index contributed by atoms with van der Waals surface area (Å²) < 4.78 is 4.32. The summed E-state index contributed by atoms with van der Waals surface area (Å²) in [5, 5.41) is 0. The van der Waals surface area contributed by atoms with E-state index in [2.05, 4.69) is 4.74 Å². The number of rotatable bonds is 2. The van der Waals surface area contributed by atoms with Gasteiger partial charge in [-0.2, -0.15) is 0 Å². The zero-order chi connectivity index (χ0) is 4.12. The van der Waals surface area contributed by atoms with E-state index in [0.29, 0.717) is 6.29 Å². The Kier molecular flexibility index (Phi) is 14.1. The largest absolute Gasteiger partial charge is 0.377 e. The zero-order valence-corrected chi connectivity index (χ0v) is 4.48. The molecule has 0 aromatic heterocycles. The van der Waals surface area contributed by atoms with E-state index in [-0.39, 0.29) is 23.4 Å². The van der Waals surface area contributed by atoms with Crippen LogP contribution in [0.5, 0.6) is 0 Å². The van der Waals surface area contributed by atoms with Crippen molar-refractivity contribution in [3.05, 3.63) is 0 Å². The molecule has 39 valence electrons. The minimum atomic E-state index is 0. The summed E-state index contributed by atoms with van der Waals surface area (Å²) in [6, 6.07) is 0. The quantitative estimate of drug-likeness (QED) is 0.489. The van der Waals surface area contributed by atoms with Gasteiger partial charge in [-0.1, -0.05) is 0 Å². The third-order valence-corrected chi connectivity index (χ3v) is 0.235. The summed E-state index contributed by atoms with van der Waals surface area (Å²) in [5.74, 6) is 0. The maximum Gasteiger partial charge on any atom is 0.145 e. The number of ether oxygens (including phenoxy) is 1. The SMILES string of the molecule is COCC=O.[Co]. The zero-order valence-electron chi connectivity index (χ0n) is 3.43. The summed E-state index contributed by atoms with van der Waals surface area (Å²) in [6.07, 6.45) is 0.708. The van der Waals surface area contributed by atoms with E-state index < -0.39 is 0 Å². The fourth-order valence-electron chi connectivity index (χ4n) is 0.0680. The Morgan fingerprint density at radius 1 is 1.83 bits per heavy atom. The Bertz CT molecular complexity index is 30.0.